The van der Waals surface area contributed by atoms with Crippen LogP contribution in [-0.2, 0) is 38.1 Å². The zero-order valence-corrected chi connectivity index (χ0v) is 16.9. The Morgan fingerprint density at radius 3 is 2.14 bits per heavy atom. The van der Waals surface area contributed by atoms with Crippen LogP contribution in [0.3, 0.4) is 0 Å². The van der Waals surface area contributed by atoms with Crippen LogP contribution in [0.2, 0.25) is 5.02 Å². The molecule has 0 saturated carbocycles. The molecular weight excluding hydrogens is 406 g/mol. The van der Waals surface area contributed by atoms with Crippen LogP contribution in [0, 0.1) is 0 Å². The minimum Gasteiger partial charge on any atom is -0.468 e. The number of hydrogen-bond acceptors (Lipinski definition) is 9. The number of methoxy groups -OCH3 is 4. The molecule has 154 valence electrons. The molecule has 0 N–H and O–H groups in total. The molecule has 0 aliphatic carbocycles. The molecule has 1 aromatic carbocycles. The molecule has 3 rings (SSSR count). The summed E-state index contributed by atoms with van der Waals surface area (Å²) in [4.78, 5) is 51.8. The van der Waals surface area contributed by atoms with Crippen LogP contribution in [0.5, 0.6) is 0 Å². The van der Waals surface area contributed by atoms with E-state index in [9.17, 15) is 19.2 Å². The Bertz CT molecular complexity index is 938. The van der Waals surface area contributed by atoms with E-state index in [2.05, 4.69) is 0 Å². The normalized spacial score (nSPS) is 18.7. The monoisotopic (exact) mass is 423 g/mol. The molecule has 0 bridgehead atoms. The largest absolute Gasteiger partial charge is 0.468 e. The number of halogens is 1. The lowest BCUT2D eigenvalue weighted by molar-refractivity contribution is -0.163. The average molecular weight is 424 g/mol. The van der Waals surface area contributed by atoms with E-state index in [1.165, 1.54) is 24.1 Å². The van der Waals surface area contributed by atoms with Crippen molar-refractivity contribution in [1.29, 1.82) is 0 Å². The fraction of sp³-hybridized carbons (Fsp3) is 0.368. The lowest BCUT2D eigenvalue weighted by atomic mass is 9.71. The summed E-state index contributed by atoms with van der Waals surface area (Å²) in [7, 11) is 4.63. The zero-order valence-electron chi connectivity index (χ0n) is 16.1. The van der Waals surface area contributed by atoms with Crippen LogP contribution in [0.15, 0.2) is 29.5 Å². The van der Waals surface area contributed by atoms with Crippen LogP contribution in [0.25, 0.3) is 0 Å². The summed E-state index contributed by atoms with van der Waals surface area (Å²) in [5.41, 5.74) is -1.02. The van der Waals surface area contributed by atoms with Gasteiger partial charge in [-0.05, 0) is 23.8 Å². The predicted molar refractivity (Wildman–Crippen MR) is 99.1 cm³/mol. The van der Waals surface area contributed by atoms with Gasteiger partial charge in [-0.15, -0.1) is 0 Å². The number of fused-ring (bicyclic) bond motifs is 3. The first-order valence-corrected chi connectivity index (χ1v) is 8.81. The molecule has 1 saturated heterocycles. The van der Waals surface area contributed by atoms with Crippen LogP contribution in [0.1, 0.15) is 17.9 Å². The smallest absolute Gasteiger partial charge is 0.344 e. The quantitative estimate of drug-likeness (QED) is 0.402. The molecule has 1 unspecified atom stereocenters. The van der Waals surface area contributed by atoms with Crippen molar-refractivity contribution in [2.24, 2.45) is 0 Å². The Morgan fingerprint density at radius 2 is 1.62 bits per heavy atom. The van der Waals surface area contributed by atoms with Gasteiger partial charge < -0.3 is 23.8 Å². The van der Waals surface area contributed by atoms with E-state index in [4.69, 9.17) is 30.5 Å². The van der Waals surface area contributed by atoms with Gasteiger partial charge in [0.1, 0.15) is 5.92 Å². The maximum atomic E-state index is 12.6. The fourth-order valence-electron chi connectivity index (χ4n) is 3.84. The molecule has 1 atom stereocenters. The summed E-state index contributed by atoms with van der Waals surface area (Å²) >= 11 is 6.12. The van der Waals surface area contributed by atoms with E-state index in [1.54, 1.807) is 6.07 Å². The summed E-state index contributed by atoms with van der Waals surface area (Å²) in [5.74, 6) is -4.38. The summed E-state index contributed by atoms with van der Waals surface area (Å²) in [6, 6.07) is 4.55. The molecule has 1 aromatic rings. The number of hydrogen-bond donors (Lipinski definition) is 0. The third-order valence-corrected chi connectivity index (χ3v) is 5.34. The summed E-state index contributed by atoms with van der Waals surface area (Å²) in [6.45, 7) is 0. The van der Waals surface area contributed by atoms with Crippen LogP contribution in [0.4, 0.5) is 5.69 Å². The molecule has 0 spiro atoms. The molecular formula is C19H18ClNO8. The van der Waals surface area contributed by atoms with Crippen LogP contribution < -0.4 is 4.90 Å². The molecule has 2 heterocycles. The summed E-state index contributed by atoms with van der Waals surface area (Å²) in [5, 5.41) is 0.285. The van der Waals surface area contributed by atoms with Gasteiger partial charge in [0.05, 0.1) is 34.0 Å². The van der Waals surface area contributed by atoms with Crippen molar-refractivity contribution in [2.45, 2.75) is 17.9 Å². The summed E-state index contributed by atoms with van der Waals surface area (Å²) in [6.07, 6.45) is -0.216. The Hall–Kier alpha value is -3.07. The molecule has 2 aliphatic heterocycles. The zero-order chi connectivity index (χ0) is 21.5. The van der Waals surface area contributed by atoms with E-state index < -0.39 is 35.3 Å². The molecule has 9 nitrogen and oxygen atoms in total. The maximum absolute atomic E-state index is 12.6. The number of esters is 4. The van der Waals surface area contributed by atoms with Gasteiger partial charge in [-0.25, -0.2) is 14.4 Å². The van der Waals surface area contributed by atoms with Crippen molar-refractivity contribution in [3.63, 3.8) is 0 Å². The molecule has 2 aliphatic rings. The van der Waals surface area contributed by atoms with E-state index >= 15 is 0 Å². The number of anilines is 1. The number of carbonyl (C=O) groups is 4. The Morgan fingerprint density at radius 1 is 1.00 bits per heavy atom. The standard InChI is InChI=1S/C19H18ClNO8/c1-26-15(22)13-10-7-9(20)5-6-11(10)21-12(14(13)16(23)27-2)8-19(21,17(24)28-3)18(25)29-4/h5-7,13H,8H2,1-4H3. The first-order valence-electron chi connectivity index (χ1n) is 8.44. The van der Waals surface area contributed by atoms with E-state index in [1.807, 2.05) is 0 Å². The second-order valence-electron chi connectivity index (χ2n) is 6.37. The maximum Gasteiger partial charge on any atom is 0.344 e. The first-order chi connectivity index (χ1) is 13.8. The van der Waals surface area contributed by atoms with Crippen molar-refractivity contribution >= 4 is 41.2 Å². The topological polar surface area (TPSA) is 108 Å². The van der Waals surface area contributed by atoms with Gasteiger partial charge in [0, 0.05) is 22.8 Å². The van der Waals surface area contributed by atoms with Gasteiger partial charge >= 0.3 is 23.9 Å². The van der Waals surface area contributed by atoms with E-state index in [0.29, 0.717) is 5.69 Å². The number of ether oxygens (including phenoxy) is 4. The van der Waals surface area contributed by atoms with Crippen LogP contribution >= 0.6 is 11.6 Å². The van der Waals surface area contributed by atoms with Gasteiger partial charge in [0.15, 0.2) is 0 Å². The van der Waals surface area contributed by atoms with Gasteiger partial charge in [0.2, 0.25) is 5.54 Å². The highest BCUT2D eigenvalue weighted by Crippen LogP contribution is 2.55. The average Bonchev–Trinajstić information content (AvgIpc) is 2.71. The molecule has 0 aromatic heterocycles. The number of carbonyl (C=O) groups excluding carboxylic acids is 4. The van der Waals surface area contributed by atoms with Gasteiger partial charge in [0.25, 0.3) is 0 Å². The van der Waals surface area contributed by atoms with Crippen molar-refractivity contribution in [3.8, 4) is 0 Å². The SMILES string of the molecule is COC(=O)C1=C2CC(C(=O)OC)(C(=O)OC)N2c2ccc(Cl)cc2C1C(=O)OC. The second kappa shape index (κ2) is 7.40. The molecule has 1 fully saturated rings. The van der Waals surface area contributed by atoms with Crippen molar-refractivity contribution in [3.05, 3.63) is 40.1 Å². The first kappa shape index (κ1) is 20.7. The number of rotatable bonds is 4. The highest BCUT2D eigenvalue weighted by Gasteiger charge is 2.66. The fourth-order valence-corrected chi connectivity index (χ4v) is 4.03. The predicted octanol–water partition coefficient (Wildman–Crippen LogP) is 1.33. The number of benzene rings is 1. The highest BCUT2D eigenvalue weighted by molar-refractivity contribution is 6.31. The Balaban J connectivity index is 2.35. The van der Waals surface area contributed by atoms with Crippen molar-refractivity contribution in [2.75, 3.05) is 33.3 Å². The summed E-state index contributed by atoms with van der Waals surface area (Å²) < 4.78 is 19.4. The Kier molecular flexibility index (Phi) is 5.27. The van der Waals surface area contributed by atoms with Crippen molar-refractivity contribution in [1.82, 2.24) is 0 Å². The minimum absolute atomic E-state index is 0.0439. The number of nitrogens with zero attached hydrogens (tertiary/aromatic N) is 1. The third kappa shape index (κ3) is 2.76. The molecule has 0 amide bonds. The lowest BCUT2D eigenvalue weighted by Gasteiger charge is -2.54. The van der Waals surface area contributed by atoms with Crippen LogP contribution in [-0.4, -0.2) is 57.9 Å². The Labute approximate surface area is 171 Å². The molecule has 29 heavy (non-hydrogen) atoms. The van der Waals surface area contributed by atoms with E-state index in [0.717, 1.165) is 21.3 Å². The molecule has 0 radical (unpaired) electrons. The van der Waals surface area contributed by atoms with Gasteiger partial charge in [-0.2, -0.15) is 0 Å². The third-order valence-electron chi connectivity index (χ3n) is 5.10. The lowest BCUT2D eigenvalue weighted by Crippen LogP contribution is -2.70. The minimum atomic E-state index is -1.85. The van der Waals surface area contributed by atoms with Gasteiger partial charge in [-0.1, -0.05) is 11.6 Å². The van der Waals surface area contributed by atoms with Gasteiger partial charge in [-0.3, -0.25) is 4.79 Å². The highest BCUT2D eigenvalue weighted by atomic mass is 35.5. The van der Waals surface area contributed by atoms with Crippen molar-refractivity contribution < 1.29 is 38.1 Å². The van der Waals surface area contributed by atoms with E-state index in [-0.39, 0.29) is 28.3 Å². The molecule has 10 heteroatoms. The second-order valence-corrected chi connectivity index (χ2v) is 6.80.